The zero-order valence-corrected chi connectivity index (χ0v) is 9.92. The average Bonchev–Trinajstić information content (AvgIpc) is 2.19. The van der Waals surface area contributed by atoms with Gasteiger partial charge in [0.1, 0.15) is 4.90 Å². The van der Waals surface area contributed by atoms with Crippen molar-refractivity contribution < 1.29 is 13.0 Å². The van der Waals surface area contributed by atoms with Gasteiger partial charge in [-0.15, -0.1) is 0 Å². The lowest BCUT2D eigenvalue weighted by atomic mass is 10.2. The first-order valence-electron chi connectivity index (χ1n) is 5.06. The molecule has 0 heterocycles. The summed E-state index contributed by atoms with van der Waals surface area (Å²) in [6.07, 6.45) is 1.93. The van der Waals surface area contributed by atoms with Crippen LogP contribution in [0.5, 0.6) is 0 Å². The van der Waals surface area contributed by atoms with E-state index < -0.39 is 10.1 Å². The van der Waals surface area contributed by atoms with E-state index in [0.29, 0.717) is 17.9 Å². The van der Waals surface area contributed by atoms with Crippen molar-refractivity contribution in [1.29, 1.82) is 0 Å². The molecule has 0 spiro atoms. The third kappa shape index (κ3) is 3.39. The number of rotatable bonds is 5. The van der Waals surface area contributed by atoms with Gasteiger partial charge in [0.2, 0.25) is 0 Å². The Hall–Kier alpha value is -1.27. The van der Waals surface area contributed by atoms with Gasteiger partial charge < -0.3 is 11.1 Å². The van der Waals surface area contributed by atoms with E-state index in [0.717, 1.165) is 12.8 Å². The van der Waals surface area contributed by atoms with Crippen molar-refractivity contribution in [2.75, 3.05) is 17.6 Å². The Morgan fingerprint density at radius 3 is 2.69 bits per heavy atom. The summed E-state index contributed by atoms with van der Waals surface area (Å²) < 4.78 is 31.2. The number of hydrogen-bond donors (Lipinski definition) is 3. The van der Waals surface area contributed by atoms with E-state index in [1.807, 2.05) is 6.92 Å². The Morgan fingerprint density at radius 2 is 2.12 bits per heavy atom. The lowest BCUT2D eigenvalue weighted by Gasteiger charge is -2.10. The van der Waals surface area contributed by atoms with Crippen LogP contribution in [0.25, 0.3) is 0 Å². The minimum atomic E-state index is -4.24. The molecule has 1 aromatic rings. The minimum absolute atomic E-state index is 0.177. The van der Waals surface area contributed by atoms with Gasteiger partial charge in [-0.1, -0.05) is 13.3 Å². The van der Waals surface area contributed by atoms with Gasteiger partial charge in [-0.25, -0.2) is 0 Å². The van der Waals surface area contributed by atoms with Crippen molar-refractivity contribution in [2.24, 2.45) is 0 Å². The second kappa shape index (κ2) is 5.18. The number of benzene rings is 1. The zero-order chi connectivity index (χ0) is 12.2. The van der Waals surface area contributed by atoms with Crippen LogP contribution in [0, 0.1) is 0 Å². The summed E-state index contributed by atoms with van der Waals surface area (Å²) in [6, 6.07) is 4.38. The summed E-state index contributed by atoms with van der Waals surface area (Å²) in [5.41, 5.74) is 6.16. The Kier molecular flexibility index (Phi) is 4.14. The summed E-state index contributed by atoms with van der Waals surface area (Å²) in [5, 5.41) is 2.95. The predicted molar refractivity (Wildman–Crippen MR) is 64.1 cm³/mol. The van der Waals surface area contributed by atoms with Crippen LogP contribution in [0.4, 0.5) is 11.4 Å². The molecule has 1 aromatic carbocycles. The average molecular weight is 244 g/mol. The van der Waals surface area contributed by atoms with Crippen molar-refractivity contribution >= 4 is 21.5 Å². The molecule has 4 N–H and O–H groups in total. The Labute approximate surface area is 95.4 Å². The van der Waals surface area contributed by atoms with E-state index in [1.165, 1.54) is 6.07 Å². The molecular weight excluding hydrogens is 228 g/mol. The Balaban J connectivity index is 2.99. The molecule has 0 aliphatic rings. The molecule has 0 atom stereocenters. The minimum Gasteiger partial charge on any atom is -0.399 e. The Morgan fingerprint density at radius 1 is 1.44 bits per heavy atom. The molecule has 0 saturated heterocycles. The molecule has 5 nitrogen and oxygen atoms in total. The third-order valence-electron chi connectivity index (χ3n) is 2.13. The smallest absolute Gasteiger partial charge is 0.296 e. The molecule has 0 saturated carbocycles. The number of hydrogen-bond acceptors (Lipinski definition) is 4. The quantitative estimate of drug-likeness (QED) is 0.416. The maximum Gasteiger partial charge on any atom is 0.296 e. The van der Waals surface area contributed by atoms with E-state index in [9.17, 15) is 8.42 Å². The first-order valence-corrected chi connectivity index (χ1v) is 6.50. The van der Waals surface area contributed by atoms with Gasteiger partial charge in [-0.2, -0.15) is 8.42 Å². The number of anilines is 2. The summed E-state index contributed by atoms with van der Waals surface area (Å²) in [7, 11) is -4.24. The second-order valence-corrected chi connectivity index (χ2v) is 4.90. The van der Waals surface area contributed by atoms with E-state index in [-0.39, 0.29) is 4.90 Å². The maximum atomic E-state index is 11.1. The fraction of sp³-hybridized carbons (Fsp3) is 0.400. The summed E-state index contributed by atoms with van der Waals surface area (Å²) in [4.78, 5) is -0.177. The molecule has 0 fully saturated rings. The van der Waals surface area contributed by atoms with Gasteiger partial charge in [-0.05, 0) is 24.6 Å². The molecule has 0 amide bonds. The first kappa shape index (κ1) is 12.8. The van der Waals surface area contributed by atoms with Crippen LogP contribution in [0.2, 0.25) is 0 Å². The zero-order valence-electron chi connectivity index (χ0n) is 9.10. The molecule has 0 bridgehead atoms. The molecule has 90 valence electrons. The Bertz CT molecular complexity index is 457. The third-order valence-corrected chi connectivity index (χ3v) is 3.02. The molecule has 0 aromatic heterocycles. The van der Waals surface area contributed by atoms with Crippen LogP contribution in [-0.4, -0.2) is 19.5 Å². The number of nitrogen functional groups attached to an aromatic ring is 1. The van der Waals surface area contributed by atoms with Gasteiger partial charge >= 0.3 is 0 Å². The highest BCUT2D eigenvalue weighted by molar-refractivity contribution is 7.86. The molecule has 1 rings (SSSR count). The van der Waals surface area contributed by atoms with Gasteiger partial charge in [0.15, 0.2) is 0 Å². The van der Waals surface area contributed by atoms with Crippen LogP contribution in [0.15, 0.2) is 23.1 Å². The van der Waals surface area contributed by atoms with Crippen molar-refractivity contribution in [3.8, 4) is 0 Å². The monoisotopic (exact) mass is 244 g/mol. The largest absolute Gasteiger partial charge is 0.399 e. The number of nitrogens with one attached hydrogen (secondary N) is 1. The molecule has 0 unspecified atom stereocenters. The lowest BCUT2D eigenvalue weighted by molar-refractivity contribution is 0.483. The molecule has 0 aliphatic carbocycles. The van der Waals surface area contributed by atoms with E-state index >= 15 is 0 Å². The maximum absolute atomic E-state index is 11.1. The highest BCUT2D eigenvalue weighted by Crippen LogP contribution is 2.23. The van der Waals surface area contributed by atoms with Crippen LogP contribution in [0.1, 0.15) is 19.8 Å². The summed E-state index contributed by atoms with van der Waals surface area (Å²) in [5.74, 6) is 0. The van der Waals surface area contributed by atoms with Crippen LogP contribution in [-0.2, 0) is 10.1 Å². The van der Waals surface area contributed by atoms with Gasteiger partial charge in [0.25, 0.3) is 10.1 Å². The lowest BCUT2D eigenvalue weighted by Crippen LogP contribution is -2.08. The molecular formula is C10H16N2O3S. The van der Waals surface area contributed by atoms with Crippen molar-refractivity contribution in [3.63, 3.8) is 0 Å². The van der Waals surface area contributed by atoms with E-state index in [1.54, 1.807) is 12.1 Å². The van der Waals surface area contributed by atoms with Gasteiger partial charge in [0, 0.05) is 12.2 Å². The molecule has 16 heavy (non-hydrogen) atoms. The fourth-order valence-electron chi connectivity index (χ4n) is 1.30. The molecule has 6 heteroatoms. The first-order chi connectivity index (χ1) is 7.45. The highest BCUT2D eigenvalue weighted by atomic mass is 32.2. The van der Waals surface area contributed by atoms with Crippen molar-refractivity contribution in [2.45, 2.75) is 24.7 Å². The number of nitrogens with two attached hydrogens (primary N) is 1. The molecule has 0 aliphatic heterocycles. The SMILES string of the molecule is CCCCNc1ccc(N)cc1S(=O)(=O)O. The van der Waals surface area contributed by atoms with Crippen molar-refractivity contribution in [1.82, 2.24) is 0 Å². The van der Waals surface area contributed by atoms with E-state index in [2.05, 4.69) is 5.32 Å². The van der Waals surface area contributed by atoms with Crippen LogP contribution in [0.3, 0.4) is 0 Å². The van der Waals surface area contributed by atoms with Crippen LogP contribution < -0.4 is 11.1 Å². The topological polar surface area (TPSA) is 92.4 Å². The summed E-state index contributed by atoms with van der Waals surface area (Å²) >= 11 is 0. The predicted octanol–water partition coefficient (Wildman–Crippen LogP) is 1.73. The van der Waals surface area contributed by atoms with Crippen molar-refractivity contribution in [3.05, 3.63) is 18.2 Å². The highest BCUT2D eigenvalue weighted by Gasteiger charge is 2.15. The van der Waals surface area contributed by atoms with Crippen LogP contribution >= 0.6 is 0 Å². The van der Waals surface area contributed by atoms with Gasteiger partial charge in [0.05, 0.1) is 5.69 Å². The van der Waals surface area contributed by atoms with Gasteiger partial charge in [-0.3, -0.25) is 4.55 Å². The fourth-order valence-corrected chi connectivity index (χ4v) is 2.00. The molecule has 0 radical (unpaired) electrons. The summed E-state index contributed by atoms with van der Waals surface area (Å²) in [6.45, 7) is 2.69. The second-order valence-electron chi connectivity index (χ2n) is 3.51. The number of unbranched alkanes of at least 4 members (excludes halogenated alkanes) is 1. The standard InChI is InChI=1S/C10H16N2O3S/c1-2-3-6-12-9-5-4-8(11)7-10(9)16(13,14)15/h4-5,7,12H,2-3,6,11H2,1H3,(H,13,14,15). The normalized spacial score (nSPS) is 11.4. The van der Waals surface area contributed by atoms with E-state index in [4.69, 9.17) is 10.3 Å².